The number of anilines is 1. The van der Waals surface area contributed by atoms with E-state index in [0.717, 1.165) is 43.6 Å². The maximum Gasteiger partial charge on any atom is 0.331 e. The number of benzene rings is 1. The van der Waals surface area contributed by atoms with Gasteiger partial charge in [0.2, 0.25) is 11.8 Å². The molecule has 0 spiro atoms. The number of nitrogens with zero attached hydrogens (tertiary/aromatic N) is 2. The molecule has 0 bridgehead atoms. The van der Waals surface area contributed by atoms with Crippen molar-refractivity contribution in [2.75, 3.05) is 31.1 Å². The molecule has 40 heavy (non-hydrogen) atoms. The molecule has 2 amide bonds. The lowest BCUT2D eigenvalue weighted by atomic mass is 10.1. The Morgan fingerprint density at radius 3 is 2.27 bits per heavy atom. The molecule has 1 aliphatic heterocycles. The zero-order valence-corrected chi connectivity index (χ0v) is 23.6. The number of hydrogen-bond donors (Lipinski definition) is 2. The fourth-order valence-electron chi connectivity index (χ4n) is 4.23. The molecule has 214 valence electrons. The van der Waals surface area contributed by atoms with E-state index in [9.17, 15) is 14.4 Å². The van der Waals surface area contributed by atoms with Crippen LogP contribution in [0.5, 0.6) is 0 Å². The Morgan fingerprint density at radius 1 is 0.950 bits per heavy atom. The van der Waals surface area contributed by atoms with Crippen molar-refractivity contribution in [3.05, 3.63) is 59.6 Å². The van der Waals surface area contributed by atoms with E-state index in [2.05, 4.69) is 16.7 Å². The van der Waals surface area contributed by atoms with Gasteiger partial charge in [-0.25, -0.2) is 10.3 Å². The summed E-state index contributed by atoms with van der Waals surface area (Å²) in [5.74, 6) is 6.51. The molecule has 9 nitrogen and oxygen atoms in total. The SMILES string of the molecule is CC(C)(C)OC(=O)/C=C/c1ccc(C#Cc2ccc(N3CCN(C(=O)CCCCCCC(=O)NO)CC3)cc2)o1. The summed E-state index contributed by atoms with van der Waals surface area (Å²) >= 11 is 0. The first-order chi connectivity index (χ1) is 19.1. The van der Waals surface area contributed by atoms with Crippen LogP contribution in [-0.4, -0.2) is 59.7 Å². The number of hydrogen-bond acceptors (Lipinski definition) is 7. The van der Waals surface area contributed by atoms with E-state index in [-0.39, 0.29) is 11.8 Å². The molecule has 2 heterocycles. The fourth-order valence-corrected chi connectivity index (χ4v) is 4.23. The van der Waals surface area contributed by atoms with Gasteiger partial charge in [-0.1, -0.05) is 18.8 Å². The van der Waals surface area contributed by atoms with E-state index in [4.69, 9.17) is 14.4 Å². The standard InChI is InChI=1S/C31H39N3O6/c1-31(2,3)40-30(37)19-18-27-17-16-26(39-27)15-12-24-10-13-25(14-11-24)33-20-22-34(23-21-33)29(36)9-7-5-4-6-8-28(35)32-38/h10-11,13-14,16-19,38H,4-9,20-23H2,1-3H3,(H,32,35)/b19-18+. The number of hydroxylamine groups is 1. The van der Waals surface area contributed by atoms with Crippen molar-refractivity contribution < 1.29 is 28.7 Å². The van der Waals surface area contributed by atoms with E-state index < -0.39 is 11.6 Å². The Kier molecular flexibility index (Phi) is 11.4. The summed E-state index contributed by atoms with van der Waals surface area (Å²) < 4.78 is 10.9. The Balaban J connectivity index is 1.40. The summed E-state index contributed by atoms with van der Waals surface area (Å²) in [6, 6.07) is 11.5. The molecule has 1 aromatic carbocycles. The van der Waals surface area contributed by atoms with Gasteiger partial charge in [-0.05, 0) is 82.0 Å². The zero-order valence-electron chi connectivity index (χ0n) is 23.6. The number of carbonyl (C=O) groups excluding carboxylic acids is 3. The number of amides is 2. The van der Waals surface area contributed by atoms with Crippen molar-refractivity contribution in [2.45, 2.75) is 64.9 Å². The van der Waals surface area contributed by atoms with Gasteiger partial charge in [0.05, 0.1) is 0 Å². The Labute approximate surface area is 236 Å². The Hall–Kier alpha value is -4.03. The largest absolute Gasteiger partial charge is 0.457 e. The van der Waals surface area contributed by atoms with Crippen LogP contribution in [0.15, 0.2) is 46.9 Å². The first-order valence-corrected chi connectivity index (χ1v) is 13.7. The van der Waals surface area contributed by atoms with Crippen LogP contribution < -0.4 is 10.4 Å². The second kappa shape index (κ2) is 14.9. The Morgan fingerprint density at radius 2 is 1.62 bits per heavy atom. The number of unbranched alkanes of at least 4 members (excludes halogenated alkanes) is 3. The summed E-state index contributed by atoms with van der Waals surface area (Å²) in [6.45, 7) is 8.39. The molecule has 0 radical (unpaired) electrons. The van der Waals surface area contributed by atoms with E-state index in [1.165, 1.54) is 6.08 Å². The number of nitrogens with one attached hydrogen (secondary N) is 1. The molecule has 0 atom stereocenters. The molecule has 0 saturated carbocycles. The molecule has 0 aliphatic carbocycles. The molecule has 0 unspecified atom stereocenters. The normalized spacial score (nSPS) is 13.6. The van der Waals surface area contributed by atoms with Gasteiger partial charge in [0.15, 0.2) is 5.76 Å². The summed E-state index contributed by atoms with van der Waals surface area (Å²) in [7, 11) is 0. The quantitative estimate of drug-likeness (QED) is 0.112. The van der Waals surface area contributed by atoms with Crippen molar-refractivity contribution >= 4 is 29.5 Å². The third-order valence-electron chi connectivity index (χ3n) is 6.28. The molecular formula is C31H39N3O6. The number of furan rings is 1. The summed E-state index contributed by atoms with van der Waals surface area (Å²) in [4.78, 5) is 39.6. The van der Waals surface area contributed by atoms with Crippen molar-refractivity contribution in [2.24, 2.45) is 0 Å². The highest BCUT2D eigenvalue weighted by Crippen LogP contribution is 2.18. The van der Waals surface area contributed by atoms with Crippen molar-refractivity contribution in [3.63, 3.8) is 0 Å². The molecule has 2 N–H and O–H groups in total. The lowest BCUT2D eigenvalue weighted by molar-refractivity contribution is -0.148. The number of esters is 1. The highest BCUT2D eigenvalue weighted by Gasteiger charge is 2.21. The first-order valence-electron chi connectivity index (χ1n) is 13.7. The van der Waals surface area contributed by atoms with Crippen LogP contribution in [0.3, 0.4) is 0 Å². The number of rotatable bonds is 10. The molecule has 1 aromatic heterocycles. The highest BCUT2D eigenvalue weighted by molar-refractivity contribution is 5.86. The third-order valence-corrected chi connectivity index (χ3v) is 6.28. The van der Waals surface area contributed by atoms with Crippen LogP contribution in [0.2, 0.25) is 0 Å². The minimum Gasteiger partial charge on any atom is -0.457 e. The smallest absolute Gasteiger partial charge is 0.331 e. The lowest BCUT2D eigenvalue weighted by Crippen LogP contribution is -2.48. The molecule has 2 aromatic rings. The van der Waals surface area contributed by atoms with Gasteiger partial charge < -0.3 is 19.0 Å². The number of ether oxygens (including phenoxy) is 1. The third kappa shape index (κ3) is 10.6. The predicted molar refractivity (Wildman–Crippen MR) is 152 cm³/mol. The van der Waals surface area contributed by atoms with Crippen LogP contribution in [0.4, 0.5) is 5.69 Å². The zero-order chi connectivity index (χ0) is 29.0. The monoisotopic (exact) mass is 549 g/mol. The molecule has 1 saturated heterocycles. The summed E-state index contributed by atoms with van der Waals surface area (Å²) in [6.07, 6.45) is 7.01. The van der Waals surface area contributed by atoms with Gasteiger partial charge in [0, 0.05) is 56.3 Å². The van der Waals surface area contributed by atoms with Gasteiger partial charge in [-0.15, -0.1) is 0 Å². The average Bonchev–Trinajstić information content (AvgIpc) is 3.39. The fraction of sp³-hybridized carbons (Fsp3) is 0.452. The number of carbonyl (C=O) groups is 3. The van der Waals surface area contributed by atoms with Crippen LogP contribution in [-0.2, 0) is 19.1 Å². The van der Waals surface area contributed by atoms with E-state index in [1.54, 1.807) is 23.7 Å². The second-order valence-corrected chi connectivity index (χ2v) is 10.7. The second-order valence-electron chi connectivity index (χ2n) is 10.7. The highest BCUT2D eigenvalue weighted by atomic mass is 16.6. The maximum absolute atomic E-state index is 12.5. The van der Waals surface area contributed by atoms with Crippen LogP contribution in [0.1, 0.15) is 76.4 Å². The topological polar surface area (TPSA) is 112 Å². The molecular weight excluding hydrogens is 510 g/mol. The summed E-state index contributed by atoms with van der Waals surface area (Å²) in [5.41, 5.74) is 3.04. The van der Waals surface area contributed by atoms with E-state index in [0.29, 0.717) is 43.9 Å². The minimum atomic E-state index is -0.546. The van der Waals surface area contributed by atoms with Crippen LogP contribution in [0, 0.1) is 11.8 Å². The minimum absolute atomic E-state index is 0.180. The average molecular weight is 550 g/mol. The predicted octanol–water partition coefficient (Wildman–Crippen LogP) is 4.53. The Bertz CT molecular complexity index is 1220. The van der Waals surface area contributed by atoms with Crippen LogP contribution in [0.25, 0.3) is 6.08 Å². The lowest BCUT2D eigenvalue weighted by Gasteiger charge is -2.36. The molecule has 9 heteroatoms. The van der Waals surface area contributed by atoms with E-state index >= 15 is 0 Å². The van der Waals surface area contributed by atoms with Crippen molar-refractivity contribution in [1.29, 1.82) is 0 Å². The first kappa shape index (κ1) is 30.5. The summed E-state index contributed by atoms with van der Waals surface area (Å²) in [5, 5.41) is 8.49. The maximum atomic E-state index is 12.5. The van der Waals surface area contributed by atoms with Gasteiger partial charge in [0.25, 0.3) is 0 Å². The van der Waals surface area contributed by atoms with Gasteiger partial charge in [0.1, 0.15) is 11.4 Å². The number of piperazine rings is 1. The van der Waals surface area contributed by atoms with Crippen molar-refractivity contribution in [3.8, 4) is 11.8 Å². The molecule has 3 rings (SSSR count). The molecule has 1 aliphatic rings. The van der Waals surface area contributed by atoms with E-state index in [1.807, 2.05) is 49.9 Å². The van der Waals surface area contributed by atoms with Crippen molar-refractivity contribution in [1.82, 2.24) is 10.4 Å². The van der Waals surface area contributed by atoms with Gasteiger partial charge >= 0.3 is 5.97 Å². The van der Waals surface area contributed by atoms with Gasteiger partial charge in [-0.2, -0.15) is 0 Å². The van der Waals surface area contributed by atoms with Crippen LogP contribution >= 0.6 is 0 Å². The molecule has 1 fully saturated rings. The van der Waals surface area contributed by atoms with Gasteiger partial charge in [-0.3, -0.25) is 14.8 Å².